The van der Waals surface area contributed by atoms with Gasteiger partial charge in [0.25, 0.3) is 0 Å². The zero-order valence-corrected chi connectivity index (χ0v) is 10.3. The summed E-state index contributed by atoms with van der Waals surface area (Å²) < 4.78 is 4.43. The van der Waals surface area contributed by atoms with Crippen LogP contribution in [-0.4, -0.2) is 48.7 Å². The van der Waals surface area contributed by atoms with Crippen molar-refractivity contribution >= 4 is 17.8 Å². The van der Waals surface area contributed by atoms with Crippen LogP contribution in [0, 0.1) is 0 Å². The second-order valence-corrected chi connectivity index (χ2v) is 4.16. The molecule has 1 amide bonds. The number of carbonyl (C=O) groups is 3. The molecule has 7 heteroatoms. The van der Waals surface area contributed by atoms with Crippen LogP contribution in [0.4, 0.5) is 0 Å². The molecule has 102 valence electrons. The van der Waals surface area contributed by atoms with Crippen LogP contribution >= 0.6 is 0 Å². The summed E-state index contributed by atoms with van der Waals surface area (Å²) >= 11 is 0. The Kier molecular flexibility index (Phi) is 5.57. The molecule has 1 heterocycles. The lowest BCUT2D eigenvalue weighted by molar-refractivity contribution is -0.144. The van der Waals surface area contributed by atoms with Crippen LogP contribution in [0.1, 0.15) is 25.7 Å². The van der Waals surface area contributed by atoms with Crippen LogP contribution in [0.5, 0.6) is 0 Å². The predicted octanol–water partition coefficient (Wildman–Crippen LogP) is -0.739. The summed E-state index contributed by atoms with van der Waals surface area (Å²) in [5.74, 6) is -1.97. The van der Waals surface area contributed by atoms with Crippen molar-refractivity contribution in [1.82, 2.24) is 10.6 Å². The highest BCUT2D eigenvalue weighted by Crippen LogP contribution is 2.06. The Morgan fingerprint density at radius 2 is 2.22 bits per heavy atom. The zero-order chi connectivity index (χ0) is 13.5. The lowest BCUT2D eigenvalue weighted by atomic mass is 10.1. The minimum absolute atomic E-state index is 0.0282. The molecule has 1 fully saturated rings. The molecular weight excluding hydrogens is 240 g/mol. The second kappa shape index (κ2) is 6.95. The molecule has 1 aliphatic rings. The number of methoxy groups -OCH3 is 1. The van der Waals surface area contributed by atoms with Gasteiger partial charge < -0.3 is 20.5 Å². The third kappa shape index (κ3) is 4.33. The monoisotopic (exact) mass is 258 g/mol. The first-order valence-electron chi connectivity index (χ1n) is 5.88. The summed E-state index contributed by atoms with van der Waals surface area (Å²) in [5, 5.41) is 14.4. The molecular formula is C11H18N2O5. The van der Waals surface area contributed by atoms with Gasteiger partial charge in [-0.05, 0) is 25.8 Å². The SMILES string of the molecule is COC(=O)CCC(NC(=O)[C@H]1CCCN1)C(=O)O. The highest BCUT2D eigenvalue weighted by molar-refractivity contribution is 5.87. The smallest absolute Gasteiger partial charge is 0.326 e. The summed E-state index contributed by atoms with van der Waals surface area (Å²) in [6.07, 6.45) is 1.60. The van der Waals surface area contributed by atoms with Crippen molar-refractivity contribution in [3.05, 3.63) is 0 Å². The van der Waals surface area contributed by atoms with E-state index in [1.807, 2.05) is 0 Å². The summed E-state index contributed by atoms with van der Waals surface area (Å²) in [5.41, 5.74) is 0. The van der Waals surface area contributed by atoms with Gasteiger partial charge in [-0.3, -0.25) is 9.59 Å². The Bertz CT molecular complexity index is 325. The second-order valence-electron chi connectivity index (χ2n) is 4.16. The molecule has 7 nitrogen and oxygen atoms in total. The van der Waals surface area contributed by atoms with Crippen LogP contribution in [-0.2, 0) is 19.1 Å². The number of amides is 1. The number of hydrogen-bond acceptors (Lipinski definition) is 5. The number of ether oxygens (including phenoxy) is 1. The van der Waals surface area contributed by atoms with Gasteiger partial charge in [0.15, 0.2) is 0 Å². The molecule has 18 heavy (non-hydrogen) atoms. The van der Waals surface area contributed by atoms with E-state index in [9.17, 15) is 14.4 Å². The Morgan fingerprint density at radius 1 is 1.50 bits per heavy atom. The van der Waals surface area contributed by atoms with Gasteiger partial charge >= 0.3 is 11.9 Å². The van der Waals surface area contributed by atoms with Gasteiger partial charge in [0.1, 0.15) is 6.04 Å². The summed E-state index contributed by atoms with van der Waals surface area (Å²) in [6.45, 7) is 0.762. The molecule has 0 bridgehead atoms. The third-order valence-corrected chi connectivity index (χ3v) is 2.86. The molecule has 1 rings (SSSR count). The average Bonchev–Trinajstić information content (AvgIpc) is 2.87. The summed E-state index contributed by atoms with van der Waals surface area (Å²) in [4.78, 5) is 33.6. The number of carbonyl (C=O) groups excluding carboxylic acids is 2. The van der Waals surface area contributed by atoms with E-state index in [1.165, 1.54) is 7.11 Å². The van der Waals surface area contributed by atoms with E-state index in [0.717, 1.165) is 13.0 Å². The zero-order valence-electron chi connectivity index (χ0n) is 10.3. The topological polar surface area (TPSA) is 105 Å². The van der Waals surface area contributed by atoms with Crippen molar-refractivity contribution in [2.45, 2.75) is 37.8 Å². The van der Waals surface area contributed by atoms with Gasteiger partial charge in [0.05, 0.1) is 13.2 Å². The fraction of sp³-hybridized carbons (Fsp3) is 0.727. The van der Waals surface area contributed by atoms with Crippen molar-refractivity contribution < 1.29 is 24.2 Å². The Morgan fingerprint density at radius 3 is 2.72 bits per heavy atom. The lowest BCUT2D eigenvalue weighted by Crippen LogP contribution is -2.48. The molecule has 0 radical (unpaired) electrons. The average molecular weight is 258 g/mol. The Hall–Kier alpha value is -1.63. The van der Waals surface area contributed by atoms with Crippen LogP contribution in [0.15, 0.2) is 0 Å². The van der Waals surface area contributed by atoms with Crippen molar-refractivity contribution in [1.29, 1.82) is 0 Å². The molecule has 1 saturated heterocycles. The molecule has 0 aliphatic carbocycles. The van der Waals surface area contributed by atoms with Crippen LogP contribution in [0.25, 0.3) is 0 Å². The molecule has 0 aromatic carbocycles. The van der Waals surface area contributed by atoms with Crippen molar-refractivity contribution in [2.24, 2.45) is 0 Å². The summed E-state index contributed by atoms with van der Waals surface area (Å²) in [7, 11) is 1.24. The molecule has 0 aromatic heterocycles. The minimum atomic E-state index is -1.15. The first-order valence-corrected chi connectivity index (χ1v) is 5.88. The Balaban J connectivity index is 2.44. The number of carboxylic acid groups (broad SMARTS) is 1. The highest BCUT2D eigenvalue weighted by atomic mass is 16.5. The molecule has 0 saturated carbocycles. The van der Waals surface area contributed by atoms with Gasteiger partial charge in [-0.1, -0.05) is 0 Å². The van der Waals surface area contributed by atoms with Gasteiger partial charge in [-0.15, -0.1) is 0 Å². The number of nitrogens with one attached hydrogen (secondary N) is 2. The molecule has 0 spiro atoms. The maximum absolute atomic E-state index is 11.7. The normalized spacial score (nSPS) is 20.2. The third-order valence-electron chi connectivity index (χ3n) is 2.86. The fourth-order valence-electron chi connectivity index (χ4n) is 1.80. The first-order chi connectivity index (χ1) is 8.54. The quantitative estimate of drug-likeness (QED) is 0.542. The van der Waals surface area contributed by atoms with E-state index in [0.29, 0.717) is 6.42 Å². The molecule has 2 atom stereocenters. The number of carboxylic acids is 1. The highest BCUT2D eigenvalue weighted by Gasteiger charge is 2.27. The van der Waals surface area contributed by atoms with Crippen LogP contribution in [0.2, 0.25) is 0 Å². The van der Waals surface area contributed by atoms with Crippen molar-refractivity contribution in [2.75, 3.05) is 13.7 Å². The van der Waals surface area contributed by atoms with Gasteiger partial charge in [0.2, 0.25) is 5.91 Å². The molecule has 3 N–H and O–H groups in total. The van der Waals surface area contributed by atoms with E-state index in [4.69, 9.17) is 5.11 Å². The van der Waals surface area contributed by atoms with Crippen molar-refractivity contribution in [3.63, 3.8) is 0 Å². The molecule has 1 aliphatic heterocycles. The molecule has 0 aromatic rings. The fourth-order valence-corrected chi connectivity index (χ4v) is 1.80. The number of hydrogen-bond donors (Lipinski definition) is 3. The lowest BCUT2D eigenvalue weighted by Gasteiger charge is -2.17. The predicted molar refractivity (Wildman–Crippen MR) is 61.8 cm³/mol. The maximum atomic E-state index is 11.7. The number of aliphatic carboxylic acids is 1. The largest absolute Gasteiger partial charge is 0.480 e. The van der Waals surface area contributed by atoms with Gasteiger partial charge in [-0.2, -0.15) is 0 Å². The number of rotatable bonds is 6. The van der Waals surface area contributed by atoms with Gasteiger partial charge in [-0.25, -0.2) is 4.79 Å². The summed E-state index contributed by atoms with van der Waals surface area (Å²) in [6, 6.07) is -1.39. The molecule has 1 unspecified atom stereocenters. The van der Waals surface area contributed by atoms with Crippen LogP contribution in [0.3, 0.4) is 0 Å². The standard InChI is InChI=1S/C11H18N2O5/c1-18-9(14)5-4-8(11(16)17)13-10(15)7-3-2-6-12-7/h7-8,12H,2-6H2,1H3,(H,13,15)(H,16,17)/t7-,8?/m1/s1. The van der Waals surface area contributed by atoms with E-state index >= 15 is 0 Å². The first kappa shape index (κ1) is 14.4. The van der Waals surface area contributed by atoms with E-state index in [2.05, 4.69) is 15.4 Å². The Labute approximate surface area is 105 Å². The van der Waals surface area contributed by atoms with Gasteiger partial charge in [0, 0.05) is 6.42 Å². The van der Waals surface area contributed by atoms with Crippen LogP contribution < -0.4 is 10.6 Å². The minimum Gasteiger partial charge on any atom is -0.480 e. The maximum Gasteiger partial charge on any atom is 0.326 e. The van der Waals surface area contributed by atoms with E-state index < -0.39 is 18.0 Å². The van der Waals surface area contributed by atoms with E-state index in [1.54, 1.807) is 0 Å². The van der Waals surface area contributed by atoms with Crippen molar-refractivity contribution in [3.8, 4) is 0 Å². The van der Waals surface area contributed by atoms with E-state index in [-0.39, 0.29) is 24.8 Å². The number of esters is 1.